The lowest BCUT2D eigenvalue weighted by Crippen LogP contribution is -2.17. The maximum absolute atomic E-state index is 12.5. The number of hydrogen-bond donors (Lipinski definition) is 0. The van der Waals surface area contributed by atoms with E-state index in [1.165, 1.54) is 44.9 Å². The zero-order chi connectivity index (χ0) is 19.6. The van der Waals surface area contributed by atoms with Crippen molar-refractivity contribution in [3.05, 3.63) is 59.7 Å². The van der Waals surface area contributed by atoms with Gasteiger partial charge >= 0.3 is 5.97 Å². The molecule has 0 aromatic heterocycles. The van der Waals surface area contributed by atoms with Gasteiger partial charge in [-0.1, -0.05) is 94.7 Å². The lowest BCUT2D eigenvalue weighted by Gasteiger charge is -2.27. The van der Waals surface area contributed by atoms with Crippen molar-refractivity contribution < 1.29 is 14.3 Å². The maximum atomic E-state index is 12.5. The first-order chi connectivity index (χ1) is 13.8. The molecule has 3 nitrogen and oxygen atoms in total. The predicted molar refractivity (Wildman–Crippen MR) is 113 cm³/mol. The second kappa shape index (κ2) is 10.9. The van der Waals surface area contributed by atoms with Crippen LogP contribution in [0.4, 0.5) is 0 Å². The fourth-order valence-corrected chi connectivity index (χ4v) is 3.76. The van der Waals surface area contributed by atoms with E-state index in [0.29, 0.717) is 6.42 Å². The fraction of sp³-hybridized carbons (Fsp3) is 0.480. The van der Waals surface area contributed by atoms with E-state index >= 15 is 0 Å². The lowest BCUT2D eigenvalue weighted by molar-refractivity contribution is -0.147. The summed E-state index contributed by atoms with van der Waals surface area (Å²) in [5.74, 6) is 1.41. The van der Waals surface area contributed by atoms with E-state index in [9.17, 15) is 4.79 Å². The molecule has 0 unspecified atom stereocenters. The average molecular weight is 381 g/mol. The van der Waals surface area contributed by atoms with Crippen molar-refractivity contribution in [2.45, 2.75) is 77.2 Å². The lowest BCUT2D eigenvalue weighted by atomic mass is 9.97. The molecule has 2 aromatic carbocycles. The maximum Gasteiger partial charge on any atom is 0.306 e. The summed E-state index contributed by atoms with van der Waals surface area (Å²) < 4.78 is 11.9. The zero-order valence-corrected chi connectivity index (χ0v) is 17.0. The SMILES string of the molecule is CCCCCCCCCCCC(=O)OC1c2ccccc2Oc2ccccc21. The molecule has 0 bridgehead atoms. The van der Waals surface area contributed by atoms with Gasteiger partial charge in [0.15, 0.2) is 6.10 Å². The van der Waals surface area contributed by atoms with E-state index < -0.39 is 0 Å². The molecule has 3 heteroatoms. The van der Waals surface area contributed by atoms with E-state index in [1.54, 1.807) is 0 Å². The van der Waals surface area contributed by atoms with Crippen molar-refractivity contribution in [1.82, 2.24) is 0 Å². The fourth-order valence-electron chi connectivity index (χ4n) is 3.76. The number of hydrogen-bond acceptors (Lipinski definition) is 3. The summed E-state index contributed by atoms with van der Waals surface area (Å²) in [4.78, 5) is 12.5. The van der Waals surface area contributed by atoms with Crippen molar-refractivity contribution in [2.24, 2.45) is 0 Å². The molecule has 0 saturated heterocycles. The van der Waals surface area contributed by atoms with E-state index in [2.05, 4.69) is 6.92 Å². The monoisotopic (exact) mass is 380 g/mol. The standard InChI is InChI=1S/C25H32O3/c1-2-3-4-5-6-7-8-9-10-19-24(26)28-25-20-15-11-13-17-22(20)27-23-18-14-12-16-21(23)25/h11-18,25H,2-10,19H2,1H3. The smallest absolute Gasteiger partial charge is 0.306 e. The first kappa shape index (κ1) is 20.4. The molecule has 1 heterocycles. The summed E-state index contributed by atoms with van der Waals surface area (Å²) >= 11 is 0. The topological polar surface area (TPSA) is 35.5 Å². The van der Waals surface area contributed by atoms with Crippen LogP contribution in [0.5, 0.6) is 11.5 Å². The molecule has 1 aliphatic heterocycles. The van der Waals surface area contributed by atoms with Crippen LogP contribution in [0.2, 0.25) is 0 Å². The molecule has 0 spiro atoms. The minimum Gasteiger partial charge on any atom is -0.456 e. The Kier molecular flexibility index (Phi) is 7.95. The van der Waals surface area contributed by atoms with Gasteiger partial charge in [0.05, 0.1) is 0 Å². The van der Waals surface area contributed by atoms with Gasteiger partial charge in [-0.05, 0) is 18.6 Å². The van der Waals surface area contributed by atoms with Crippen molar-refractivity contribution >= 4 is 5.97 Å². The van der Waals surface area contributed by atoms with Crippen LogP contribution in [-0.4, -0.2) is 5.97 Å². The minimum absolute atomic E-state index is 0.126. The predicted octanol–water partition coefficient (Wildman–Crippen LogP) is 7.35. The number of rotatable bonds is 11. The molecular formula is C25H32O3. The highest BCUT2D eigenvalue weighted by molar-refractivity contribution is 5.70. The molecule has 0 aliphatic carbocycles. The Labute approximate surface area is 169 Å². The molecule has 0 fully saturated rings. The molecule has 0 amide bonds. The van der Waals surface area contributed by atoms with Crippen LogP contribution in [0.3, 0.4) is 0 Å². The Balaban J connectivity index is 1.46. The van der Waals surface area contributed by atoms with Crippen molar-refractivity contribution in [3.63, 3.8) is 0 Å². The number of para-hydroxylation sites is 2. The molecule has 0 saturated carbocycles. The third-order valence-corrected chi connectivity index (χ3v) is 5.36. The van der Waals surface area contributed by atoms with Crippen LogP contribution in [0, 0.1) is 0 Å². The normalized spacial score (nSPS) is 12.8. The molecular weight excluding hydrogens is 348 g/mol. The van der Waals surface area contributed by atoms with Crippen molar-refractivity contribution in [2.75, 3.05) is 0 Å². The van der Waals surface area contributed by atoms with Crippen LogP contribution in [0.15, 0.2) is 48.5 Å². The second-order valence-corrected chi connectivity index (χ2v) is 7.63. The van der Waals surface area contributed by atoms with Crippen LogP contribution in [0.25, 0.3) is 0 Å². The number of benzene rings is 2. The number of fused-ring (bicyclic) bond motifs is 2. The summed E-state index contributed by atoms with van der Waals surface area (Å²) in [5, 5.41) is 0. The van der Waals surface area contributed by atoms with Crippen LogP contribution in [0.1, 0.15) is 88.4 Å². The third kappa shape index (κ3) is 5.60. The van der Waals surface area contributed by atoms with E-state index in [0.717, 1.165) is 35.5 Å². The van der Waals surface area contributed by atoms with Crippen LogP contribution < -0.4 is 4.74 Å². The quantitative estimate of drug-likeness (QED) is 0.302. The Bertz CT molecular complexity index is 707. The Morgan fingerprint density at radius 1 is 0.786 bits per heavy atom. The molecule has 1 aliphatic rings. The Hall–Kier alpha value is -2.29. The molecule has 28 heavy (non-hydrogen) atoms. The number of carbonyl (C=O) groups excluding carboxylic acids is 1. The third-order valence-electron chi connectivity index (χ3n) is 5.36. The highest BCUT2D eigenvalue weighted by atomic mass is 16.5. The summed E-state index contributed by atoms with van der Waals surface area (Å²) in [6.07, 6.45) is 11.3. The van der Waals surface area contributed by atoms with E-state index in [4.69, 9.17) is 9.47 Å². The number of ether oxygens (including phenoxy) is 2. The Morgan fingerprint density at radius 2 is 1.29 bits per heavy atom. The molecule has 150 valence electrons. The summed E-state index contributed by atoms with van der Waals surface area (Å²) in [5.41, 5.74) is 1.84. The molecule has 3 rings (SSSR count). The van der Waals surface area contributed by atoms with E-state index in [-0.39, 0.29) is 12.1 Å². The first-order valence-electron chi connectivity index (χ1n) is 10.8. The van der Waals surface area contributed by atoms with Crippen LogP contribution >= 0.6 is 0 Å². The number of esters is 1. The minimum atomic E-state index is -0.382. The van der Waals surface area contributed by atoms with Gasteiger partial charge in [0.2, 0.25) is 0 Å². The molecule has 2 aromatic rings. The van der Waals surface area contributed by atoms with Crippen molar-refractivity contribution in [3.8, 4) is 11.5 Å². The van der Waals surface area contributed by atoms with Crippen LogP contribution in [-0.2, 0) is 9.53 Å². The van der Waals surface area contributed by atoms with Gasteiger partial charge in [0, 0.05) is 17.5 Å². The first-order valence-corrected chi connectivity index (χ1v) is 10.8. The zero-order valence-electron chi connectivity index (χ0n) is 17.0. The highest BCUT2D eigenvalue weighted by Crippen LogP contribution is 2.44. The van der Waals surface area contributed by atoms with Gasteiger partial charge in [-0.3, -0.25) is 4.79 Å². The van der Waals surface area contributed by atoms with Gasteiger partial charge in [0.1, 0.15) is 11.5 Å². The molecule has 0 N–H and O–H groups in total. The molecule has 0 radical (unpaired) electrons. The van der Waals surface area contributed by atoms with Crippen molar-refractivity contribution in [1.29, 1.82) is 0 Å². The largest absolute Gasteiger partial charge is 0.456 e. The van der Waals surface area contributed by atoms with E-state index in [1.807, 2.05) is 48.5 Å². The van der Waals surface area contributed by atoms with Gasteiger partial charge in [-0.15, -0.1) is 0 Å². The molecule has 0 atom stereocenters. The summed E-state index contributed by atoms with van der Waals surface area (Å²) in [6, 6.07) is 15.6. The highest BCUT2D eigenvalue weighted by Gasteiger charge is 2.29. The van der Waals surface area contributed by atoms with Gasteiger partial charge in [-0.2, -0.15) is 0 Å². The summed E-state index contributed by atoms with van der Waals surface area (Å²) in [6.45, 7) is 2.25. The number of unbranched alkanes of at least 4 members (excludes halogenated alkanes) is 8. The Morgan fingerprint density at radius 3 is 1.86 bits per heavy atom. The second-order valence-electron chi connectivity index (χ2n) is 7.63. The van der Waals surface area contributed by atoms with Gasteiger partial charge in [-0.25, -0.2) is 0 Å². The number of carbonyl (C=O) groups is 1. The summed E-state index contributed by atoms with van der Waals surface area (Å²) in [7, 11) is 0. The van der Waals surface area contributed by atoms with Gasteiger partial charge < -0.3 is 9.47 Å². The average Bonchev–Trinajstić information content (AvgIpc) is 2.72. The van der Waals surface area contributed by atoms with Gasteiger partial charge in [0.25, 0.3) is 0 Å².